The second kappa shape index (κ2) is 10.7. The molecule has 4 heteroatoms. The van der Waals surface area contributed by atoms with Crippen LogP contribution >= 0.6 is 23.4 Å². The number of unbranched alkanes of at least 4 members (excludes halogenated alkanes) is 1. The Morgan fingerprint density at radius 2 is 2.06 bits per heavy atom. The number of hydrogen-bond acceptors (Lipinski definition) is 3. The second-order valence-electron chi connectivity index (χ2n) is 3.99. The van der Waals surface area contributed by atoms with E-state index in [1.807, 2.05) is 18.2 Å². The molecule has 0 aliphatic carbocycles. The first-order valence-corrected chi connectivity index (χ1v) is 7.86. The highest BCUT2D eigenvalue weighted by Crippen LogP contribution is 2.25. The molecule has 0 amide bonds. The Labute approximate surface area is 119 Å². The van der Waals surface area contributed by atoms with Crippen LogP contribution in [0.5, 0.6) is 0 Å². The summed E-state index contributed by atoms with van der Waals surface area (Å²) in [5.74, 6) is 1.03. The molecule has 0 heterocycles. The summed E-state index contributed by atoms with van der Waals surface area (Å²) in [6.45, 7) is 5.76. The van der Waals surface area contributed by atoms with Crippen molar-refractivity contribution in [1.82, 2.24) is 5.32 Å². The fourth-order valence-corrected chi connectivity index (χ4v) is 2.56. The van der Waals surface area contributed by atoms with E-state index in [1.54, 1.807) is 11.8 Å². The summed E-state index contributed by atoms with van der Waals surface area (Å²) in [6.07, 6.45) is 2.35. The lowest BCUT2D eigenvalue weighted by Gasteiger charge is -2.06. The number of rotatable bonds is 10. The number of thioether (sulfide) groups is 1. The van der Waals surface area contributed by atoms with Crippen molar-refractivity contribution in [2.24, 2.45) is 0 Å². The Balaban J connectivity index is 1.94. The lowest BCUT2D eigenvalue weighted by atomic mass is 10.4. The van der Waals surface area contributed by atoms with Crippen LogP contribution < -0.4 is 5.32 Å². The highest BCUT2D eigenvalue weighted by molar-refractivity contribution is 7.99. The van der Waals surface area contributed by atoms with Gasteiger partial charge in [-0.15, -0.1) is 11.8 Å². The third-order valence-electron chi connectivity index (χ3n) is 2.44. The van der Waals surface area contributed by atoms with Crippen molar-refractivity contribution in [3.8, 4) is 0 Å². The number of benzene rings is 1. The predicted octanol–water partition coefficient (Wildman–Crippen LogP) is 3.84. The zero-order chi connectivity index (χ0) is 13.1. The van der Waals surface area contributed by atoms with Crippen LogP contribution in [0, 0.1) is 0 Å². The van der Waals surface area contributed by atoms with Crippen LogP contribution in [-0.2, 0) is 4.74 Å². The minimum absolute atomic E-state index is 0.802. The van der Waals surface area contributed by atoms with Gasteiger partial charge in [-0.3, -0.25) is 0 Å². The van der Waals surface area contributed by atoms with Crippen LogP contribution in [0.2, 0.25) is 5.02 Å². The molecule has 0 saturated carbocycles. The Morgan fingerprint density at radius 1 is 1.22 bits per heavy atom. The van der Waals surface area contributed by atoms with Crippen LogP contribution in [0.3, 0.4) is 0 Å². The van der Waals surface area contributed by atoms with Gasteiger partial charge in [0.05, 0.1) is 11.6 Å². The summed E-state index contributed by atoms with van der Waals surface area (Å²) >= 11 is 7.86. The van der Waals surface area contributed by atoms with Gasteiger partial charge in [-0.1, -0.05) is 37.1 Å². The highest BCUT2D eigenvalue weighted by Gasteiger charge is 1.98. The molecule has 0 spiro atoms. The molecule has 1 aromatic carbocycles. The molecular formula is C14H22ClNOS. The van der Waals surface area contributed by atoms with E-state index in [0.29, 0.717) is 0 Å². The Kier molecular flexibility index (Phi) is 9.40. The van der Waals surface area contributed by atoms with E-state index >= 15 is 0 Å². The summed E-state index contributed by atoms with van der Waals surface area (Å²) in [7, 11) is 0. The average Bonchev–Trinajstić information content (AvgIpc) is 2.39. The maximum absolute atomic E-state index is 6.07. The molecule has 0 fully saturated rings. The molecule has 102 valence electrons. The van der Waals surface area contributed by atoms with Gasteiger partial charge in [0.2, 0.25) is 0 Å². The fourth-order valence-electron chi connectivity index (χ4n) is 1.41. The quantitative estimate of drug-likeness (QED) is 0.522. The SMILES string of the molecule is CCCCOCCNCCSc1ccccc1Cl. The minimum atomic E-state index is 0.802. The third kappa shape index (κ3) is 7.27. The van der Waals surface area contributed by atoms with Gasteiger partial charge in [0.15, 0.2) is 0 Å². The Morgan fingerprint density at radius 3 is 2.83 bits per heavy atom. The summed E-state index contributed by atoms with van der Waals surface area (Å²) < 4.78 is 5.47. The summed E-state index contributed by atoms with van der Waals surface area (Å²) in [6, 6.07) is 7.96. The van der Waals surface area contributed by atoms with Crippen molar-refractivity contribution in [1.29, 1.82) is 0 Å². The maximum atomic E-state index is 6.07. The highest BCUT2D eigenvalue weighted by atomic mass is 35.5. The largest absolute Gasteiger partial charge is 0.380 e. The summed E-state index contributed by atoms with van der Waals surface area (Å²) in [5, 5.41) is 4.20. The van der Waals surface area contributed by atoms with Crippen LogP contribution in [0.4, 0.5) is 0 Å². The van der Waals surface area contributed by atoms with Gasteiger partial charge in [-0.2, -0.15) is 0 Å². The average molecular weight is 288 g/mol. The first-order valence-electron chi connectivity index (χ1n) is 6.50. The summed E-state index contributed by atoms with van der Waals surface area (Å²) in [5.41, 5.74) is 0. The zero-order valence-electron chi connectivity index (χ0n) is 11.0. The molecule has 1 aromatic rings. The monoisotopic (exact) mass is 287 g/mol. The topological polar surface area (TPSA) is 21.3 Å². The van der Waals surface area contributed by atoms with Crippen LogP contribution in [0.15, 0.2) is 29.2 Å². The molecule has 0 aliphatic rings. The van der Waals surface area contributed by atoms with E-state index in [0.717, 1.165) is 48.4 Å². The number of halogens is 1. The second-order valence-corrected chi connectivity index (χ2v) is 5.54. The molecule has 0 saturated heterocycles. The van der Waals surface area contributed by atoms with Crippen molar-refractivity contribution in [2.45, 2.75) is 24.7 Å². The van der Waals surface area contributed by atoms with E-state index in [-0.39, 0.29) is 0 Å². The predicted molar refractivity (Wildman–Crippen MR) is 80.8 cm³/mol. The molecule has 18 heavy (non-hydrogen) atoms. The van der Waals surface area contributed by atoms with E-state index in [4.69, 9.17) is 16.3 Å². The lowest BCUT2D eigenvalue weighted by molar-refractivity contribution is 0.133. The van der Waals surface area contributed by atoms with E-state index in [9.17, 15) is 0 Å². The van der Waals surface area contributed by atoms with Gasteiger partial charge < -0.3 is 10.1 Å². The van der Waals surface area contributed by atoms with Gasteiger partial charge in [0, 0.05) is 30.3 Å². The molecule has 1 rings (SSSR count). The van der Waals surface area contributed by atoms with Crippen molar-refractivity contribution < 1.29 is 4.74 Å². The van der Waals surface area contributed by atoms with Crippen LogP contribution in [-0.4, -0.2) is 32.1 Å². The number of ether oxygens (including phenoxy) is 1. The smallest absolute Gasteiger partial charge is 0.0590 e. The van der Waals surface area contributed by atoms with Gasteiger partial charge in [0.25, 0.3) is 0 Å². The molecule has 0 unspecified atom stereocenters. The normalized spacial score (nSPS) is 10.8. The van der Waals surface area contributed by atoms with Crippen molar-refractivity contribution in [3.05, 3.63) is 29.3 Å². The van der Waals surface area contributed by atoms with Gasteiger partial charge in [0.1, 0.15) is 0 Å². The molecule has 0 aliphatic heterocycles. The lowest BCUT2D eigenvalue weighted by Crippen LogP contribution is -2.22. The zero-order valence-corrected chi connectivity index (χ0v) is 12.5. The molecule has 2 nitrogen and oxygen atoms in total. The van der Waals surface area contributed by atoms with Gasteiger partial charge in [-0.05, 0) is 18.6 Å². The van der Waals surface area contributed by atoms with Crippen molar-refractivity contribution in [3.63, 3.8) is 0 Å². The Hall–Kier alpha value is -0.220. The minimum Gasteiger partial charge on any atom is -0.380 e. The van der Waals surface area contributed by atoms with E-state index < -0.39 is 0 Å². The third-order valence-corrected chi connectivity index (χ3v) is 3.96. The first kappa shape index (κ1) is 15.8. The van der Waals surface area contributed by atoms with Gasteiger partial charge >= 0.3 is 0 Å². The summed E-state index contributed by atoms with van der Waals surface area (Å²) in [4.78, 5) is 1.15. The molecule has 0 aromatic heterocycles. The van der Waals surface area contributed by atoms with Crippen molar-refractivity contribution >= 4 is 23.4 Å². The molecule has 0 bridgehead atoms. The molecule has 1 N–H and O–H groups in total. The van der Waals surface area contributed by atoms with Gasteiger partial charge in [-0.25, -0.2) is 0 Å². The number of hydrogen-bond donors (Lipinski definition) is 1. The fraction of sp³-hybridized carbons (Fsp3) is 0.571. The van der Waals surface area contributed by atoms with E-state index in [1.165, 1.54) is 6.42 Å². The molecular weight excluding hydrogens is 266 g/mol. The molecule has 0 radical (unpaired) electrons. The van der Waals surface area contributed by atoms with Crippen LogP contribution in [0.25, 0.3) is 0 Å². The maximum Gasteiger partial charge on any atom is 0.0590 e. The standard InChI is InChI=1S/C14H22ClNOS/c1-2-3-10-17-11-8-16-9-12-18-14-7-5-4-6-13(14)15/h4-7,16H,2-3,8-12H2,1H3. The molecule has 0 atom stereocenters. The Bertz CT molecular complexity index is 322. The first-order chi connectivity index (χ1) is 8.84. The van der Waals surface area contributed by atoms with E-state index in [2.05, 4.69) is 18.3 Å². The number of nitrogens with one attached hydrogen (secondary N) is 1. The van der Waals surface area contributed by atoms with Crippen molar-refractivity contribution in [2.75, 3.05) is 32.1 Å². The van der Waals surface area contributed by atoms with Crippen LogP contribution in [0.1, 0.15) is 19.8 Å².